The summed E-state index contributed by atoms with van der Waals surface area (Å²) in [5.41, 5.74) is 1.50. The van der Waals surface area contributed by atoms with Gasteiger partial charge in [0, 0.05) is 13.1 Å². The molecule has 0 aliphatic heterocycles. The van der Waals surface area contributed by atoms with Crippen molar-refractivity contribution in [3.63, 3.8) is 0 Å². The van der Waals surface area contributed by atoms with E-state index in [1.54, 1.807) is 26.2 Å². The standard InChI is InChI=1S/C15H26N2O3S/c1-5-10-17(11-6-2)14-12-13(8-9-15(14)20-4)16-21(18,19)7-3/h8-9,12,16H,5-7,10-11H2,1-4H3. The van der Waals surface area contributed by atoms with Gasteiger partial charge in [0.2, 0.25) is 10.0 Å². The lowest BCUT2D eigenvalue weighted by atomic mass is 10.2. The van der Waals surface area contributed by atoms with Crippen molar-refractivity contribution in [2.24, 2.45) is 0 Å². The van der Waals surface area contributed by atoms with Crippen LogP contribution < -0.4 is 14.4 Å². The van der Waals surface area contributed by atoms with Gasteiger partial charge in [0.05, 0.1) is 24.2 Å². The highest BCUT2D eigenvalue weighted by atomic mass is 32.2. The lowest BCUT2D eigenvalue weighted by Gasteiger charge is -2.26. The van der Waals surface area contributed by atoms with E-state index in [-0.39, 0.29) is 5.75 Å². The van der Waals surface area contributed by atoms with Crippen molar-refractivity contribution >= 4 is 21.4 Å². The Morgan fingerprint density at radius 3 is 2.24 bits per heavy atom. The zero-order valence-electron chi connectivity index (χ0n) is 13.3. The van der Waals surface area contributed by atoms with Gasteiger partial charge in [-0.15, -0.1) is 0 Å². The number of hydrogen-bond acceptors (Lipinski definition) is 4. The first-order chi connectivity index (χ1) is 9.97. The average Bonchev–Trinajstić information content (AvgIpc) is 2.46. The summed E-state index contributed by atoms with van der Waals surface area (Å²) in [6, 6.07) is 5.38. The van der Waals surface area contributed by atoms with E-state index < -0.39 is 10.0 Å². The molecule has 0 radical (unpaired) electrons. The summed E-state index contributed by atoms with van der Waals surface area (Å²) in [7, 11) is -1.64. The van der Waals surface area contributed by atoms with Crippen LogP contribution in [0.5, 0.6) is 5.75 Å². The van der Waals surface area contributed by atoms with Crippen molar-refractivity contribution in [1.29, 1.82) is 0 Å². The first kappa shape index (κ1) is 17.6. The normalized spacial score (nSPS) is 11.2. The van der Waals surface area contributed by atoms with E-state index in [2.05, 4.69) is 23.5 Å². The van der Waals surface area contributed by atoms with Crippen LogP contribution in [-0.4, -0.2) is 34.4 Å². The number of anilines is 2. The van der Waals surface area contributed by atoms with Crippen molar-refractivity contribution in [1.82, 2.24) is 0 Å². The topological polar surface area (TPSA) is 58.6 Å². The van der Waals surface area contributed by atoms with Crippen molar-refractivity contribution in [3.05, 3.63) is 18.2 Å². The summed E-state index contributed by atoms with van der Waals surface area (Å²) in [4.78, 5) is 2.22. The second-order valence-electron chi connectivity index (χ2n) is 4.88. The summed E-state index contributed by atoms with van der Waals surface area (Å²) < 4.78 is 31.4. The molecule has 5 nitrogen and oxygen atoms in total. The van der Waals surface area contributed by atoms with Crippen molar-refractivity contribution in [2.45, 2.75) is 33.6 Å². The fraction of sp³-hybridized carbons (Fsp3) is 0.600. The van der Waals surface area contributed by atoms with Gasteiger partial charge < -0.3 is 9.64 Å². The molecule has 0 saturated heterocycles. The van der Waals surface area contributed by atoms with Crippen LogP contribution in [0.3, 0.4) is 0 Å². The molecule has 0 aromatic heterocycles. The highest BCUT2D eigenvalue weighted by molar-refractivity contribution is 7.92. The predicted octanol–water partition coefficient (Wildman–Crippen LogP) is 3.08. The first-order valence-electron chi connectivity index (χ1n) is 7.40. The quantitative estimate of drug-likeness (QED) is 0.761. The zero-order valence-corrected chi connectivity index (χ0v) is 14.2. The van der Waals surface area contributed by atoms with Crippen LogP contribution in [0.2, 0.25) is 0 Å². The summed E-state index contributed by atoms with van der Waals surface area (Å²) in [5, 5.41) is 0. The van der Waals surface area contributed by atoms with E-state index in [0.29, 0.717) is 5.69 Å². The lowest BCUT2D eigenvalue weighted by molar-refractivity contribution is 0.414. The molecule has 0 amide bonds. The Bertz CT molecular complexity index is 538. The van der Waals surface area contributed by atoms with Gasteiger partial charge in [-0.2, -0.15) is 0 Å². The van der Waals surface area contributed by atoms with Gasteiger partial charge in [0.25, 0.3) is 0 Å². The van der Waals surface area contributed by atoms with E-state index >= 15 is 0 Å². The molecule has 6 heteroatoms. The minimum absolute atomic E-state index is 0.0575. The number of ether oxygens (including phenoxy) is 1. The summed E-state index contributed by atoms with van der Waals surface area (Å²) in [6.07, 6.45) is 2.04. The third kappa shape index (κ3) is 5.12. The maximum absolute atomic E-state index is 11.7. The van der Waals surface area contributed by atoms with Crippen LogP contribution in [0.15, 0.2) is 18.2 Å². The van der Waals surface area contributed by atoms with Crippen LogP contribution in [0.4, 0.5) is 11.4 Å². The molecule has 1 rings (SSSR count). The number of hydrogen-bond donors (Lipinski definition) is 1. The summed E-state index contributed by atoms with van der Waals surface area (Å²) in [6.45, 7) is 7.69. The Kier molecular flexibility index (Phi) is 6.81. The van der Waals surface area contributed by atoms with Crippen molar-refractivity contribution in [2.75, 3.05) is 35.6 Å². The minimum Gasteiger partial charge on any atom is -0.495 e. The zero-order chi connectivity index (χ0) is 15.9. The Balaban J connectivity index is 3.15. The molecule has 0 bridgehead atoms. The molecule has 1 aromatic rings. The average molecular weight is 314 g/mol. The van der Waals surface area contributed by atoms with Gasteiger partial charge in [-0.25, -0.2) is 8.42 Å². The monoisotopic (exact) mass is 314 g/mol. The number of rotatable bonds is 9. The van der Waals surface area contributed by atoms with Crippen LogP contribution in [-0.2, 0) is 10.0 Å². The third-order valence-electron chi connectivity index (χ3n) is 3.16. The Hall–Kier alpha value is -1.43. The molecule has 1 aromatic carbocycles. The van der Waals surface area contributed by atoms with Crippen molar-refractivity contribution < 1.29 is 13.2 Å². The highest BCUT2D eigenvalue weighted by Crippen LogP contribution is 2.32. The van der Waals surface area contributed by atoms with Gasteiger partial charge in [-0.3, -0.25) is 4.72 Å². The van der Waals surface area contributed by atoms with Crippen molar-refractivity contribution in [3.8, 4) is 5.75 Å². The van der Waals surface area contributed by atoms with E-state index in [4.69, 9.17) is 4.74 Å². The highest BCUT2D eigenvalue weighted by Gasteiger charge is 2.14. The SMILES string of the molecule is CCCN(CCC)c1cc(NS(=O)(=O)CC)ccc1OC. The molecular weight excluding hydrogens is 288 g/mol. The number of nitrogens with zero attached hydrogens (tertiary/aromatic N) is 1. The molecule has 21 heavy (non-hydrogen) atoms. The lowest BCUT2D eigenvalue weighted by Crippen LogP contribution is -2.25. The van der Waals surface area contributed by atoms with Gasteiger partial charge in [-0.05, 0) is 38.0 Å². The molecule has 0 atom stereocenters. The Morgan fingerprint density at radius 1 is 1.14 bits per heavy atom. The second kappa shape index (κ2) is 8.12. The number of methoxy groups -OCH3 is 1. The van der Waals surface area contributed by atoms with Gasteiger partial charge in [-0.1, -0.05) is 13.8 Å². The first-order valence-corrected chi connectivity index (χ1v) is 9.06. The molecule has 0 aliphatic carbocycles. The number of nitrogens with one attached hydrogen (secondary N) is 1. The predicted molar refractivity (Wildman–Crippen MR) is 88.9 cm³/mol. The largest absolute Gasteiger partial charge is 0.495 e. The smallest absolute Gasteiger partial charge is 0.232 e. The van der Waals surface area contributed by atoms with E-state index in [0.717, 1.165) is 37.4 Å². The summed E-state index contributed by atoms with van der Waals surface area (Å²) >= 11 is 0. The molecule has 0 spiro atoms. The number of sulfonamides is 1. The molecule has 1 N–H and O–H groups in total. The molecule has 0 heterocycles. The van der Waals surface area contributed by atoms with E-state index in [1.807, 2.05) is 6.07 Å². The molecule has 120 valence electrons. The van der Waals surface area contributed by atoms with Gasteiger partial charge in [0.15, 0.2) is 0 Å². The second-order valence-corrected chi connectivity index (χ2v) is 6.89. The minimum atomic E-state index is -3.27. The molecule has 0 unspecified atom stereocenters. The fourth-order valence-electron chi connectivity index (χ4n) is 2.14. The molecular formula is C15H26N2O3S. The molecule has 0 aliphatic rings. The number of benzene rings is 1. The van der Waals surface area contributed by atoms with E-state index in [1.165, 1.54) is 0 Å². The molecule has 0 saturated carbocycles. The maximum atomic E-state index is 11.7. The van der Waals surface area contributed by atoms with Crippen LogP contribution in [0, 0.1) is 0 Å². The maximum Gasteiger partial charge on any atom is 0.232 e. The molecule has 0 fully saturated rings. The Labute approximate surface area is 128 Å². The van der Waals surface area contributed by atoms with E-state index in [9.17, 15) is 8.42 Å². The third-order valence-corrected chi connectivity index (χ3v) is 4.47. The van der Waals surface area contributed by atoms with Gasteiger partial charge >= 0.3 is 0 Å². The van der Waals surface area contributed by atoms with Crippen LogP contribution in [0.1, 0.15) is 33.6 Å². The summed E-state index contributed by atoms with van der Waals surface area (Å²) in [5.74, 6) is 0.818. The van der Waals surface area contributed by atoms with Crippen LogP contribution >= 0.6 is 0 Å². The van der Waals surface area contributed by atoms with Crippen LogP contribution in [0.25, 0.3) is 0 Å². The fourth-order valence-corrected chi connectivity index (χ4v) is 2.78. The van der Waals surface area contributed by atoms with Gasteiger partial charge in [0.1, 0.15) is 5.75 Å². The Morgan fingerprint density at radius 2 is 1.76 bits per heavy atom.